The van der Waals surface area contributed by atoms with Gasteiger partial charge in [-0.05, 0) is 47.6 Å². The molecule has 1 aromatic rings. The van der Waals surface area contributed by atoms with Crippen molar-refractivity contribution in [3.05, 3.63) is 28.0 Å². The molecule has 4 nitrogen and oxygen atoms in total. The lowest BCUT2D eigenvalue weighted by Gasteiger charge is -2.27. The second-order valence-electron chi connectivity index (χ2n) is 3.42. The van der Waals surface area contributed by atoms with Crippen LogP contribution in [0, 0.1) is 0 Å². The summed E-state index contributed by atoms with van der Waals surface area (Å²) in [5.41, 5.74) is 0.969. The monoisotopic (exact) mass is 266 g/mol. The van der Waals surface area contributed by atoms with E-state index in [4.69, 9.17) is 12.2 Å². The van der Waals surface area contributed by atoms with Crippen molar-refractivity contribution in [2.75, 3.05) is 6.54 Å². The minimum atomic E-state index is -0.434. The highest BCUT2D eigenvalue weighted by Crippen LogP contribution is 2.16. The van der Waals surface area contributed by atoms with Crippen LogP contribution in [-0.4, -0.2) is 28.4 Å². The van der Waals surface area contributed by atoms with Crippen LogP contribution in [0.2, 0.25) is 0 Å². The van der Waals surface area contributed by atoms with E-state index < -0.39 is 5.91 Å². The van der Waals surface area contributed by atoms with Crippen molar-refractivity contribution in [2.45, 2.75) is 6.92 Å². The SMILES string of the molecule is CCN1C(=O)/C(=C/c2ccsc2)C(=O)NC1=S. The lowest BCUT2D eigenvalue weighted by atomic mass is 10.1. The number of carbonyl (C=O) groups is 2. The maximum atomic E-state index is 12.0. The van der Waals surface area contributed by atoms with E-state index in [0.717, 1.165) is 5.56 Å². The maximum absolute atomic E-state index is 12.0. The van der Waals surface area contributed by atoms with Gasteiger partial charge in [0.05, 0.1) is 0 Å². The summed E-state index contributed by atoms with van der Waals surface area (Å²) < 4.78 is 0. The van der Waals surface area contributed by atoms with E-state index in [2.05, 4.69) is 5.32 Å². The van der Waals surface area contributed by atoms with Crippen molar-refractivity contribution in [2.24, 2.45) is 0 Å². The van der Waals surface area contributed by atoms with Crippen molar-refractivity contribution in [1.29, 1.82) is 0 Å². The van der Waals surface area contributed by atoms with Crippen LogP contribution in [0.1, 0.15) is 12.5 Å². The Bertz CT molecular complexity index is 506. The summed E-state index contributed by atoms with van der Waals surface area (Å²) in [4.78, 5) is 25.1. The van der Waals surface area contributed by atoms with Crippen LogP contribution >= 0.6 is 23.6 Å². The molecule has 0 aliphatic carbocycles. The number of thiophene rings is 1. The molecule has 0 saturated carbocycles. The molecular weight excluding hydrogens is 256 g/mol. The van der Waals surface area contributed by atoms with Gasteiger partial charge in [-0.15, -0.1) is 0 Å². The third kappa shape index (κ3) is 2.27. The Kier molecular flexibility index (Phi) is 3.35. The first-order valence-electron chi connectivity index (χ1n) is 5.04. The van der Waals surface area contributed by atoms with Crippen molar-refractivity contribution in [3.8, 4) is 0 Å². The third-order valence-electron chi connectivity index (χ3n) is 2.36. The molecule has 1 aliphatic rings. The molecule has 0 aromatic carbocycles. The minimum absolute atomic E-state index is 0.124. The van der Waals surface area contributed by atoms with Gasteiger partial charge in [-0.2, -0.15) is 11.3 Å². The van der Waals surface area contributed by atoms with Crippen LogP contribution in [0.3, 0.4) is 0 Å². The molecule has 1 fully saturated rings. The zero-order valence-corrected chi connectivity index (χ0v) is 10.7. The van der Waals surface area contributed by atoms with Gasteiger partial charge in [0.25, 0.3) is 11.8 Å². The largest absolute Gasteiger partial charge is 0.298 e. The van der Waals surface area contributed by atoms with Crippen LogP contribution in [0.4, 0.5) is 0 Å². The maximum Gasteiger partial charge on any atom is 0.265 e. The van der Waals surface area contributed by atoms with Crippen LogP contribution in [0.25, 0.3) is 6.08 Å². The second-order valence-corrected chi connectivity index (χ2v) is 4.59. The Morgan fingerprint density at radius 3 is 2.88 bits per heavy atom. The molecule has 2 heterocycles. The molecule has 0 unspecified atom stereocenters. The summed E-state index contributed by atoms with van der Waals surface area (Å²) in [5, 5.41) is 6.44. The number of hydrogen-bond acceptors (Lipinski definition) is 4. The Labute approximate surface area is 108 Å². The van der Waals surface area contributed by atoms with Gasteiger partial charge < -0.3 is 0 Å². The zero-order chi connectivity index (χ0) is 12.4. The number of thiocarbonyl (C=S) groups is 1. The van der Waals surface area contributed by atoms with Crippen molar-refractivity contribution in [3.63, 3.8) is 0 Å². The highest BCUT2D eigenvalue weighted by atomic mass is 32.1. The zero-order valence-electron chi connectivity index (χ0n) is 9.10. The molecular formula is C11H10N2O2S2. The molecule has 0 radical (unpaired) electrons. The molecule has 2 amide bonds. The number of carbonyl (C=O) groups excluding carboxylic acids is 2. The Balaban J connectivity index is 2.36. The summed E-state index contributed by atoms with van der Waals surface area (Å²) >= 11 is 6.44. The molecule has 0 spiro atoms. The molecule has 1 aliphatic heterocycles. The van der Waals surface area contributed by atoms with Gasteiger partial charge in [0.2, 0.25) is 0 Å². The van der Waals surface area contributed by atoms with Gasteiger partial charge in [-0.1, -0.05) is 0 Å². The fraction of sp³-hybridized carbons (Fsp3) is 0.182. The van der Waals surface area contributed by atoms with E-state index in [1.807, 2.05) is 23.8 Å². The topological polar surface area (TPSA) is 49.4 Å². The lowest BCUT2D eigenvalue weighted by Crippen LogP contribution is -2.53. The molecule has 1 aromatic heterocycles. The average molecular weight is 266 g/mol. The molecule has 1 saturated heterocycles. The standard InChI is InChI=1S/C11H10N2O2S2/c1-2-13-10(15)8(9(14)12-11(13)16)5-7-3-4-17-6-7/h3-6H,2H2,1H3,(H,12,14,16)/b8-5+. The average Bonchev–Trinajstić information content (AvgIpc) is 2.77. The van der Waals surface area contributed by atoms with E-state index in [9.17, 15) is 9.59 Å². The number of hydrogen-bond donors (Lipinski definition) is 1. The second kappa shape index (κ2) is 4.77. The summed E-state index contributed by atoms with van der Waals surface area (Å²) in [7, 11) is 0. The van der Waals surface area contributed by atoms with E-state index in [0.29, 0.717) is 6.54 Å². The molecule has 0 atom stereocenters. The smallest absolute Gasteiger partial charge is 0.265 e. The predicted molar refractivity (Wildman–Crippen MR) is 70.4 cm³/mol. The predicted octanol–water partition coefficient (Wildman–Crippen LogP) is 1.39. The molecule has 6 heteroatoms. The number of nitrogens with one attached hydrogen (secondary N) is 1. The third-order valence-corrected chi connectivity index (χ3v) is 3.38. The summed E-state index contributed by atoms with van der Waals surface area (Å²) in [6.07, 6.45) is 1.58. The highest BCUT2D eigenvalue weighted by Gasteiger charge is 2.32. The van der Waals surface area contributed by atoms with Crippen molar-refractivity contribution in [1.82, 2.24) is 10.2 Å². The number of rotatable bonds is 2. The fourth-order valence-corrected chi connectivity index (χ4v) is 2.43. The first kappa shape index (κ1) is 11.9. The molecule has 2 rings (SSSR count). The fourth-order valence-electron chi connectivity index (χ4n) is 1.50. The van der Waals surface area contributed by atoms with Gasteiger partial charge >= 0.3 is 0 Å². The summed E-state index contributed by atoms with van der Waals surface area (Å²) in [6.45, 7) is 2.25. The first-order valence-corrected chi connectivity index (χ1v) is 6.39. The van der Waals surface area contributed by atoms with E-state index in [1.54, 1.807) is 6.08 Å². The lowest BCUT2D eigenvalue weighted by molar-refractivity contribution is -0.128. The van der Waals surface area contributed by atoms with Crippen LogP contribution in [0.5, 0.6) is 0 Å². The van der Waals surface area contributed by atoms with Gasteiger partial charge in [-0.3, -0.25) is 19.8 Å². The van der Waals surface area contributed by atoms with Gasteiger partial charge in [0.1, 0.15) is 5.57 Å². The van der Waals surface area contributed by atoms with E-state index in [-0.39, 0.29) is 16.6 Å². The van der Waals surface area contributed by atoms with E-state index in [1.165, 1.54) is 16.2 Å². The first-order chi connectivity index (χ1) is 8.13. The summed E-state index contributed by atoms with van der Waals surface area (Å²) in [5.74, 6) is -0.775. The van der Waals surface area contributed by atoms with Crippen molar-refractivity contribution >= 4 is 46.6 Å². The molecule has 88 valence electrons. The normalized spacial score (nSPS) is 18.8. The summed E-state index contributed by atoms with van der Waals surface area (Å²) in [6, 6.07) is 1.85. The molecule has 1 N–H and O–H groups in total. The van der Waals surface area contributed by atoms with Gasteiger partial charge in [-0.25, -0.2) is 0 Å². The van der Waals surface area contributed by atoms with Crippen molar-refractivity contribution < 1.29 is 9.59 Å². The molecule has 0 bridgehead atoms. The highest BCUT2D eigenvalue weighted by molar-refractivity contribution is 7.80. The molecule has 17 heavy (non-hydrogen) atoms. The van der Waals surface area contributed by atoms with E-state index >= 15 is 0 Å². The Hall–Kier alpha value is -1.53. The van der Waals surface area contributed by atoms with Gasteiger partial charge in [0, 0.05) is 6.54 Å². The van der Waals surface area contributed by atoms with Crippen LogP contribution in [0.15, 0.2) is 22.4 Å². The van der Waals surface area contributed by atoms with Crippen LogP contribution in [-0.2, 0) is 9.59 Å². The van der Waals surface area contributed by atoms with Crippen LogP contribution < -0.4 is 5.32 Å². The number of likely N-dealkylation sites (N-methyl/N-ethyl adjacent to an activating group) is 1. The Morgan fingerprint density at radius 1 is 1.53 bits per heavy atom. The quantitative estimate of drug-likeness (QED) is 0.500. The minimum Gasteiger partial charge on any atom is -0.298 e. The number of amides is 2. The number of nitrogens with zero attached hydrogens (tertiary/aromatic N) is 1. The Morgan fingerprint density at radius 2 is 2.29 bits per heavy atom. The van der Waals surface area contributed by atoms with Gasteiger partial charge in [0.15, 0.2) is 5.11 Å².